The molecule has 24 heavy (non-hydrogen) atoms. The lowest BCUT2D eigenvalue weighted by Crippen LogP contribution is -2.37. The molecule has 3 nitrogen and oxygen atoms in total. The van der Waals surface area contributed by atoms with Gasteiger partial charge in [0.15, 0.2) is 0 Å². The summed E-state index contributed by atoms with van der Waals surface area (Å²) in [5, 5.41) is 3.57. The van der Waals surface area contributed by atoms with Crippen LogP contribution in [0.25, 0.3) is 6.08 Å². The quantitative estimate of drug-likeness (QED) is 0.877. The molecule has 3 heteroatoms. The summed E-state index contributed by atoms with van der Waals surface area (Å²) in [5.74, 6) is 0. The van der Waals surface area contributed by atoms with Gasteiger partial charge in [-0.15, -0.1) is 0 Å². The molecule has 0 spiro atoms. The fourth-order valence-electron chi connectivity index (χ4n) is 3.05. The van der Waals surface area contributed by atoms with Crippen LogP contribution in [0.3, 0.4) is 0 Å². The summed E-state index contributed by atoms with van der Waals surface area (Å²) in [6.07, 6.45) is 2.24. The van der Waals surface area contributed by atoms with E-state index in [9.17, 15) is 0 Å². The molecule has 126 valence electrons. The summed E-state index contributed by atoms with van der Waals surface area (Å²) < 4.78 is 5.47. The van der Waals surface area contributed by atoms with E-state index >= 15 is 0 Å². The average molecular weight is 322 g/mol. The first-order valence-corrected chi connectivity index (χ1v) is 8.66. The van der Waals surface area contributed by atoms with Crippen molar-refractivity contribution in [2.45, 2.75) is 13.5 Å². The summed E-state index contributed by atoms with van der Waals surface area (Å²) in [4.78, 5) is 2.42. The average Bonchev–Trinajstić information content (AvgIpc) is 2.64. The summed E-state index contributed by atoms with van der Waals surface area (Å²) in [5.41, 5.74) is 5.28. The van der Waals surface area contributed by atoms with Crippen molar-refractivity contribution < 1.29 is 4.74 Å². The predicted molar refractivity (Wildman–Crippen MR) is 101 cm³/mol. The maximum atomic E-state index is 5.47. The third-order valence-electron chi connectivity index (χ3n) is 4.28. The Hall–Kier alpha value is -2.10. The highest BCUT2D eigenvalue weighted by Gasteiger charge is 2.13. The molecule has 2 aromatic rings. The Kier molecular flexibility index (Phi) is 6.05. The molecule has 1 N–H and O–H groups in total. The van der Waals surface area contributed by atoms with Crippen LogP contribution in [0.4, 0.5) is 5.69 Å². The van der Waals surface area contributed by atoms with Gasteiger partial charge in [-0.2, -0.15) is 0 Å². The number of nitrogens with one attached hydrogen (secondary N) is 1. The number of para-hydroxylation sites is 1. The molecule has 0 saturated carbocycles. The van der Waals surface area contributed by atoms with Gasteiger partial charge < -0.3 is 15.0 Å². The number of ether oxygens (including phenoxy) is 1. The van der Waals surface area contributed by atoms with Gasteiger partial charge in [0.1, 0.15) is 0 Å². The van der Waals surface area contributed by atoms with Crippen LogP contribution in [0.15, 0.2) is 60.2 Å². The van der Waals surface area contributed by atoms with Gasteiger partial charge in [-0.3, -0.25) is 0 Å². The molecule has 1 heterocycles. The third-order valence-corrected chi connectivity index (χ3v) is 4.28. The molecular weight excluding hydrogens is 296 g/mol. The zero-order chi connectivity index (χ0) is 16.6. The van der Waals surface area contributed by atoms with Gasteiger partial charge in [-0.05, 0) is 24.1 Å². The normalized spacial score (nSPS) is 15.5. The first-order valence-electron chi connectivity index (χ1n) is 8.66. The maximum absolute atomic E-state index is 5.47. The molecule has 3 rings (SSSR count). The largest absolute Gasteiger partial charge is 0.378 e. The van der Waals surface area contributed by atoms with Gasteiger partial charge in [-0.1, -0.05) is 60.2 Å². The van der Waals surface area contributed by atoms with Crippen LogP contribution >= 0.6 is 0 Å². The molecule has 1 saturated heterocycles. The minimum atomic E-state index is 0.820. The number of morpholine rings is 1. The van der Waals surface area contributed by atoms with Gasteiger partial charge >= 0.3 is 0 Å². The van der Waals surface area contributed by atoms with Crippen LogP contribution in [0, 0.1) is 0 Å². The smallest absolute Gasteiger partial charge is 0.0642 e. The van der Waals surface area contributed by atoms with Gasteiger partial charge in [-0.25, -0.2) is 0 Å². The topological polar surface area (TPSA) is 24.5 Å². The zero-order valence-corrected chi connectivity index (χ0v) is 14.4. The molecule has 0 aromatic heterocycles. The van der Waals surface area contributed by atoms with E-state index in [-0.39, 0.29) is 0 Å². The second-order valence-electron chi connectivity index (χ2n) is 6.23. The lowest BCUT2D eigenvalue weighted by Gasteiger charge is -2.30. The Balaban J connectivity index is 1.58. The number of hydrogen-bond donors (Lipinski definition) is 1. The molecule has 1 fully saturated rings. The molecule has 1 aliphatic heterocycles. The third kappa shape index (κ3) is 4.70. The van der Waals surface area contributed by atoms with E-state index in [1.165, 1.54) is 22.4 Å². The SMILES string of the molecule is C/C(=C/c1ccccc1)CNCc1ccccc1N1CCOCC1. The van der Waals surface area contributed by atoms with Crippen molar-refractivity contribution in [3.63, 3.8) is 0 Å². The fraction of sp³-hybridized carbons (Fsp3) is 0.333. The molecule has 1 aliphatic rings. The van der Waals surface area contributed by atoms with E-state index in [0.717, 1.165) is 39.4 Å². The minimum Gasteiger partial charge on any atom is -0.378 e. The second kappa shape index (κ2) is 8.67. The van der Waals surface area contributed by atoms with Crippen molar-refractivity contribution in [1.29, 1.82) is 0 Å². The van der Waals surface area contributed by atoms with E-state index in [1.807, 2.05) is 6.07 Å². The standard InChI is InChI=1S/C21H26N2O/c1-18(15-19-7-3-2-4-8-19)16-22-17-20-9-5-6-10-21(20)23-11-13-24-14-12-23/h2-10,15,22H,11-14,16-17H2,1H3/b18-15-. The van der Waals surface area contributed by atoms with Gasteiger partial charge in [0.25, 0.3) is 0 Å². The summed E-state index contributed by atoms with van der Waals surface area (Å²) in [6.45, 7) is 7.54. The Morgan fingerprint density at radius 1 is 1.04 bits per heavy atom. The predicted octanol–water partition coefficient (Wildman–Crippen LogP) is 3.72. The van der Waals surface area contributed by atoms with Crippen LogP contribution in [0.2, 0.25) is 0 Å². The fourth-order valence-corrected chi connectivity index (χ4v) is 3.05. The van der Waals surface area contributed by atoms with Crippen LogP contribution in [-0.4, -0.2) is 32.8 Å². The highest BCUT2D eigenvalue weighted by atomic mass is 16.5. The Labute approximate surface area is 145 Å². The van der Waals surface area contributed by atoms with Gasteiger partial charge in [0.05, 0.1) is 13.2 Å². The first-order chi connectivity index (χ1) is 11.8. The number of hydrogen-bond acceptors (Lipinski definition) is 3. The molecule has 0 radical (unpaired) electrons. The molecule has 0 amide bonds. The van der Waals surface area contributed by atoms with Crippen molar-refractivity contribution in [2.24, 2.45) is 0 Å². The number of anilines is 1. The lowest BCUT2D eigenvalue weighted by atomic mass is 10.1. The highest BCUT2D eigenvalue weighted by Crippen LogP contribution is 2.21. The lowest BCUT2D eigenvalue weighted by molar-refractivity contribution is 0.122. The molecule has 0 aliphatic carbocycles. The molecule has 0 bridgehead atoms. The Morgan fingerprint density at radius 2 is 1.75 bits per heavy atom. The second-order valence-corrected chi connectivity index (χ2v) is 6.23. The molecule has 0 unspecified atom stereocenters. The number of rotatable bonds is 6. The summed E-state index contributed by atoms with van der Waals surface area (Å²) in [7, 11) is 0. The van der Waals surface area contributed by atoms with E-state index in [1.54, 1.807) is 0 Å². The Morgan fingerprint density at radius 3 is 2.54 bits per heavy atom. The van der Waals surface area contributed by atoms with E-state index in [2.05, 4.69) is 71.7 Å². The van der Waals surface area contributed by atoms with E-state index in [0.29, 0.717) is 0 Å². The van der Waals surface area contributed by atoms with Crippen molar-refractivity contribution in [3.8, 4) is 0 Å². The molecule has 2 aromatic carbocycles. The summed E-state index contributed by atoms with van der Waals surface area (Å²) >= 11 is 0. The summed E-state index contributed by atoms with van der Waals surface area (Å²) in [6, 6.07) is 19.1. The van der Waals surface area contributed by atoms with Crippen LogP contribution in [0.5, 0.6) is 0 Å². The van der Waals surface area contributed by atoms with Crippen LogP contribution in [-0.2, 0) is 11.3 Å². The highest BCUT2D eigenvalue weighted by molar-refractivity contribution is 5.54. The first kappa shape index (κ1) is 16.7. The zero-order valence-electron chi connectivity index (χ0n) is 14.4. The maximum Gasteiger partial charge on any atom is 0.0642 e. The van der Waals surface area contributed by atoms with E-state index in [4.69, 9.17) is 4.74 Å². The van der Waals surface area contributed by atoms with Crippen molar-refractivity contribution >= 4 is 11.8 Å². The number of nitrogens with zero attached hydrogens (tertiary/aromatic N) is 1. The van der Waals surface area contributed by atoms with Gasteiger partial charge in [0, 0.05) is 31.9 Å². The van der Waals surface area contributed by atoms with Crippen molar-refractivity contribution in [2.75, 3.05) is 37.7 Å². The van der Waals surface area contributed by atoms with E-state index < -0.39 is 0 Å². The van der Waals surface area contributed by atoms with Gasteiger partial charge in [0.2, 0.25) is 0 Å². The number of benzene rings is 2. The van der Waals surface area contributed by atoms with Crippen LogP contribution in [0.1, 0.15) is 18.1 Å². The molecule has 0 atom stereocenters. The van der Waals surface area contributed by atoms with Crippen molar-refractivity contribution in [1.82, 2.24) is 5.32 Å². The minimum absolute atomic E-state index is 0.820. The van der Waals surface area contributed by atoms with Crippen molar-refractivity contribution in [3.05, 3.63) is 71.3 Å². The molecular formula is C21H26N2O. The monoisotopic (exact) mass is 322 g/mol. The van der Waals surface area contributed by atoms with Crippen LogP contribution < -0.4 is 10.2 Å². The Bertz CT molecular complexity index is 661.